The molecule has 86 valence electrons. The summed E-state index contributed by atoms with van der Waals surface area (Å²) in [6, 6.07) is 3.09. The molecule has 1 aliphatic heterocycles. The normalized spacial score (nSPS) is 24.6. The highest BCUT2D eigenvalue weighted by Gasteiger charge is 2.48. The summed E-state index contributed by atoms with van der Waals surface area (Å²) >= 11 is 3.61. The first-order valence-electron chi connectivity index (χ1n) is 5.62. The van der Waals surface area contributed by atoms with E-state index in [0.717, 1.165) is 28.3 Å². The number of nitrogens with zero attached hydrogens (tertiary/aromatic N) is 3. The van der Waals surface area contributed by atoms with Gasteiger partial charge in [-0.15, -0.1) is 0 Å². The van der Waals surface area contributed by atoms with Crippen LogP contribution in [0.5, 0.6) is 0 Å². The molecule has 0 bridgehead atoms. The van der Waals surface area contributed by atoms with Crippen LogP contribution in [0, 0.1) is 11.7 Å². The van der Waals surface area contributed by atoms with Gasteiger partial charge in [0.1, 0.15) is 11.5 Å². The lowest BCUT2D eigenvalue weighted by Gasteiger charge is -1.97. The maximum absolute atomic E-state index is 12.8. The molecule has 2 unspecified atom stereocenters. The second kappa shape index (κ2) is 3.16. The van der Waals surface area contributed by atoms with Crippen molar-refractivity contribution < 1.29 is 4.39 Å². The third kappa shape index (κ3) is 1.32. The van der Waals surface area contributed by atoms with Gasteiger partial charge in [0, 0.05) is 12.5 Å². The van der Waals surface area contributed by atoms with E-state index in [9.17, 15) is 4.39 Å². The van der Waals surface area contributed by atoms with Crippen LogP contribution in [0.3, 0.4) is 0 Å². The standard InChI is InChI=1S/C12H9BrFN3/c13-10-11(9-2-1-7(14)4-15-9)16-17-5-6-3-8(6)12(10)17/h1-2,4,6,8H,3,5H2. The van der Waals surface area contributed by atoms with Crippen LogP contribution in [0.25, 0.3) is 11.4 Å². The number of pyridine rings is 1. The van der Waals surface area contributed by atoms with Gasteiger partial charge in [-0.25, -0.2) is 4.39 Å². The predicted octanol–water partition coefficient (Wildman–Crippen LogP) is 2.96. The molecule has 0 amide bonds. The number of hydrogen-bond donors (Lipinski definition) is 0. The molecular formula is C12H9BrFN3. The lowest BCUT2D eigenvalue weighted by atomic mass is 10.2. The third-order valence-electron chi connectivity index (χ3n) is 3.58. The van der Waals surface area contributed by atoms with Crippen molar-refractivity contribution in [1.82, 2.24) is 14.8 Å². The Balaban J connectivity index is 1.85. The molecule has 1 aliphatic carbocycles. The Kier molecular flexibility index (Phi) is 1.82. The molecule has 1 fully saturated rings. The van der Waals surface area contributed by atoms with E-state index < -0.39 is 0 Å². The SMILES string of the molecule is Fc1ccc(-c2nn3c(c2Br)C2CC2C3)nc1. The fourth-order valence-corrected chi connectivity index (χ4v) is 3.41. The van der Waals surface area contributed by atoms with Crippen molar-refractivity contribution in [3.05, 3.63) is 34.3 Å². The highest BCUT2D eigenvalue weighted by Crippen LogP contribution is 2.56. The van der Waals surface area contributed by atoms with E-state index in [-0.39, 0.29) is 5.82 Å². The Bertz CT molecular complexity index is 605. The van der Waals surface area contributed by atoms with Gasteiger partial charge in [-0.1, -0.05) is 0 Å². The Morgan fingerprint density at radius 1 is 1.41 bits per heavy atom. The molecule has 0 spiro atoms. The van der Waals surface area contributed by atoms with E-state index in [0.29, 0.717) is 5.92 Å². The first kappa shape index (κ1) is 9.76. The van der Waals surface area contributed by atoms with Crippen molar-refractivity contribution in [3.63, 3.8) is 0 Å². The van der Waals surface area contributed by atoms with Crippen LogP contribution in [0.4, 0.5) is 4.39 Å². The minimum absolute atomic E-state index is 0.320. The zero-order valence-electron chi connectivity index (χ0n) is 8.90. The van der Waals surface area contributed by atoms with Gasteiger partial charge in [-0.2, -0.15) is 5.10 Å². The largest absolute Gasteiger partial charge is 0.267 e. The van der Waals surface area contributed by atoms with Crippen molar-refractivity contribution in [2.24, 2.45) is 5.92 Å². The van der Waals surface area contributed by atoms with E-state index in [2.05, 4.69) is 30.7 Å². The Morgan fingerprint density at radius 3 is 3.00 bits per heavy atom. The van der Waals surface area contributed by atoms with Gasteiger partial charge in [-0.3, -0.25) is 9.67 Å². The number of rotatable bonds is 1. The molecule has 2 aromatic rings. The monoisotopic (exact) mass is 293 g/mol. The molecule has 4 rings (SSSR count). The molecule has 0 N–H and O–H groups in total. The van der Waals surface area contributed by atoms with E-state index >= 15 is 0 Å². The minimum atomic E-state index is -0.320. The van der Waals surface area contributed by atoms with Gasteiger partial charge in [0.2, 0.25) is 0 Å². The summed E-state index contributed by atoms with van der Waals surface area (Å²) in [7, 11) is 0. The first-order chi connectivity index (χ1) is 8.24. The fraction of sp³-hybridized carbons (Fsp3) is 0.333. The topological polar surface area (TPSA) is 30.7 Å². The summed E-state index contributed by atoms with van der Waals surface area (Å²) < 4.78 is 15.9. The molecule has 0 aromatic carbocycles. The lowest BCUT2D eigenvalue weighted by Crippen LogP contribution is -1.99. The Labute approximate surface area is 106 Å². The highest BCUT2D eigenvalue weighted by atomic mass is 79.9. The number of fused-ring (bicyclic) bond motifs is 3. The van der Waals surface area contributed by atoms with Crippen LogP contribution in [-0.2, 0) is 6.54 Å². The van der Waals surface area contributed by atoms with Gasteiger partial charge in [-0.05, 0) is 40.4 Å². The van der Waals surface area contributed by atoms with Crippen molar-refractivity contribution in [1.29, 1.82) is 0 Å². The summed E-state index contributed by atoms with van der Waals surface area (Å²) in [5.41, 5.74) is 2.83. The minimum Gasteiger partial charge on any atom is -0.267 e. The van der Waals surface area contributed by atoms with Crippen LogP contribution in [0.1, 0.15) is 18.0 Å². The zero-order valence-corrected chi connectivity index (χ0v) is 10.5. The van der Waals surface area contributed by atoms with Gasteiger partial charge >= 0.3 is 0 Å². The quantitative estimate of drug-likeness (QED) is 0.809. The van der Waals surface area contributed by atoms with Crippen LogP contribution >= 0.6 is 15.9 Å². The average molecular weight is 294 g/mol. The Morgan fingerprint density at radius 2 is 2.29 bits per heavy atom. The van der Waals surface area contributed by atoms with Crippen molar-refractivity contribution >= 4 is 15.9 Å². The van der Waals surface area contributed by atoms with Gasteiger partial charge in [0.05, 0.1) is 22.1 Å². The number of hydrogen-bond acceptors (Lipinski definition) is 2. The smallest absolute Gasteiger partial charge is 0.141 e. The van der Waals surface area contributed by atoms with Crippen molar-refractivity contribution in [2.45, 2.75) is 18.9 Å². The molecule has 2 aromatic heterocycles. The highest BCUT2D eigenvalue weighted by molar-refractivity contribution is 9.10. The first-order valence-corrected chi connectivity index (χ1v) is 6.41. The molecule has 1 saturated carbocycles. The maximum atomic E-state index is 12.8. The van der Waals surface area contributed by atoms with E-state index in [4.69, 9.17) is 0 Å². The molecular weight excluding hydrogens is 285 g/mol. The van der Waals surface area contributed by atoms with Crippen LogP contribution < -0.4 is 0 Å². The maximum Gasteiger partial charge on any atom is 0.141 e. The van der Waals surface area contributed by atoms with Gasteiger partial charge in [0.15, 0.2) is 0 Å². The van der Waals surface area contributed by atoms with Gasteiger partial charge < -0.3 is 0 Å². The Hall–Kier alpha value is -1.23. The molecule has 17 heavy (non-hydrogen) atoms. The second-order valence-electron chi connectivity index (χ2n) is 4.69. The summed E-state index contributed by atoms with van der Waals surface area (Å²) in [5, 5.41) is 4.56. The van der Waals surface area contributed by atoms with Gasteiger partial charge in [0.25, 0.3) is 0 Å². The lowest BCUT2D eigenvalue weighted by molar-refractivity contribution is 0.598. The predicted molar refractivity (Wildman–Crippen MR) is 64.0 cm³/mol. The number of aromatic nitrogens is 3. The van der Waals surface area contributed by atoms with Crippen LogP contribution in [0.2, 0.25) is 0 Å². The van der Waals surface area contributed by atoms with Crippen LogP contribution in [-0.4, -0.2) is 14.8 Å². The summed E-state index contributed by atoms with van der Waals surface area (Å²) in [6.07, 6.45) is 2.51. The summed E-state index contributed by atoms with van der Waals surface area (Å²) in [5.74, 6) is 1.15. The molecule has 3 nitrogen and oxygen atoms in total. The summed E-state index contributed by atoms with van der Waals surface area (Å²) in [6.45, 7) is 1.01. The van der Waals surface area contributed by atoms with Crippen molar-refractivity contribution in [2.75, 3.05) is 0 Å². The fourth-order valence-electron chi connectivity index (χ4n) is 2.63. The number of halogens is 2. The molecule has 3 heterocycles. The summed E-state index contributed by atoms with van der Waals surface area (Å²) in [4.78, 5) is 4.08. The molecule has 2 atom stereocenters. The van der Waals surface area contributed by atoms with Crippen LogP contribution in [0.15, 0.2) is 22.8 Å². The van der Waals surface area contributed by atoms with E-state index in [1.54, 1.807) is 6.07 Å². The third-order valence-corrected chi connectivity index (χ3v) is 4.36. The molecule has 0 saturated heterocycles. The van der Waals surface area contributed by atoms with Crippen molar-refractivity contribution in [3.8, 4) is 11.4 Å². The zero-order chi connectivity index (χ0) is 11.6. The molecule has 2 aliphatic rings. The second-order valence-corrected chi connectivity index (χ2v) is 5.49. The molecule has 0 radical (unpaired) electrons. The van der Waals surface area contributed by atoms with E-state index in [1.807, 2.05) is 0 Å². The average Bonchev–Trinajstić information content (AvgIpc) is 2.86. The molecule has 5 heteroatoms. The van der Waals surface area contributed by atoms with E-state index in [1.165, 1.54) is 24.4 Å².